The molecule has 3 aromatic rings. The van der Waals surface area contributed by atoms with Crippen LogP contribution in [0, 0.1) is 0 Å². The van der Waals surface area contributed by atoms with Crippen LogP contribution in [0.5, 0.6) is 5.75 Å². The van der Waals surface area contributed by atoms with Crippen LogP contribution in [0.2, 0.25) is 0 Å². The third kappa shape index (κ3) is 3.69. The number of rotatable bonds is 5. The number of aromatic nitrogens is 2. The second-order valence-electron chi connectivity index (χ2n) is 5.17. The van der Waals surface area contributed by atoms with Gasteiger partial charge in [-0.15, -0.1) is 10.2 Å². The largest absolute Gasteiger partial charge is 0.497 e. The Morgan fingerprint density at radius 3 is 2.50 bits per heavy atom. The normalized spacial score (nSPS) is 10.2. The Morgan fingerprint density at radius 1 is 1.04 bits per heavy atom. The maximum absolute atomic E-state index is 12.3. The number of anilines is 1. The van der Waals surface area contributed by atoms with Crippen LogP contribution >= 0.6 is 0 Å². The van der Waals surface area contributed by atoms with E-state index in [1.807, 2.05) is 0 Å². The molecule has 1 N–H and O–H groups in total. The lowest BCUT2D eigenvalue weighted by Crippen LogP contribution is -2.13. The number of nitrogens with one attached hydrogen (secondary N) is 1. The molecule has 2 aromatic carbocycles. The lowest BCUT2D eigenvalue weighted by molar-refractivity contribution is 0.0600. The van der Waals surface area contributed by atoms with Gasteiger partial charge in [-0.2, -0.15) is 0 Å². The molecule has 0 aliphatic carbocycles. The Labute approximate surface area is 148 Å². The molecule has 26 heavy (non-hydrogen) atoms. The maximum atomic E-state index is 12.3. The van der Waals surface area contributed by atoms with Gasteiger partial charge < -0.3 is 19.2 Å². The highest BCUT2D eigenvalue weighted by atomic mass is 16.5. The van der Waals surface area contributed by atoms with E-state index >= 15 is 0 Å². The summed E-state index contributed by atoms with van der Waals surface area (Å²) < 4.78 is 15.1. The molecule has 8 heteroatoms. The summed E-state index contributed by atoms with van der Waals surface area (Å²) in [5.41, 5.74) is 1.38. The molecule has 8 nitrogen and oxygen atoms in total. The first-order valence-corrected chi connectivity index (χ1v) is 7.58. The zero-order valence-electron chi connectivity index (χ0n) is 14.1. The van der Waals surface area contributed by atoms with E-state index in [-0.39, 0.29) is 11.8 Å². The summed E-state index contributed by atoms with van der Waals surface area (Å²) in [6.07, 6.45) is 0. The summed E-state index contributed by atoms with van der Waals surface area (Å²) in [5, 5.41) is 10.2. The Kier molecular flexibility index (Phi) is 4.93. The Balaban J connectivity index is 1.75. The standard InChI is InChI=1S/C18H15N3O5/c1-24-14-8-6-11(7-9-14)16-20-21-17(26-16)15(22)19-13-5-3-4-12(10-13)18(23)25-2/h3-10H,1-2H3,(H,19,22). The van der Waals surface area contributed by atoms with Crippen LogP contribution in [0.4, 0.5) is 5.69 Å². The van der Waals surface area contributed by atoms with E-state index in [2.05, 4.69) is 20.3 Å². The van der Waals surface area contributed by atoms with Crippen molar-refractivity contribution in [1.82, 2.24) is 10.2 Å². The van der Waals surface area contributed by atoms with E-state index in [9.17, 15) is 9.59 Å². The molecule has 1 aromatic heterocycles. The lowest BCUT2D eigenvalue weighted by atomic mass is 10.2. The summed E-state index contributed by atoms with van der Waals surface area (Å²) in [7, 11) is 2.85. The first-order valence-electron chi connectivity index (χ1n) is 7.58. The molecule has 0 atom stereocenters. The SMILES string of the molecule is COC(=O)c1cccc(NC(=O)c2nnc(-c3ccc(OC)cc3)o2)c1. The van der Waals surface area contributed by atoms with Crippen molar-refractivity contribution in [2.45, 2.75) is 0 Å². The summed E-state index contributed by atoms with van der Waals surface area (Å²) in [5.74, 6) is -0.378. The molecule has 0 bridgehead atoms. The molecule has 0 saturated carbocycles. The molecular formula is C18H15N3O5. The number of methoxy groups -OCH3 is 2. The van der Waals surface area contributed by atoms with E-state index < -0.39 is 11.9 Å². The minimum Gasteiger partial charge on any atom is -0.497 e. The van der Waals surface area contributed by atoms with Gasteiger partial charge in [-0.1, -0.05) is 6.07 Å². The van der Waals surface area contributed by atoms with Gasteiger partial charge in [0.05, 0.1) is 19.8 Å². The fraction of sp³-hybridized carbons (Fsp3) is 0.111. The first kappa shape index (κ1) is 17.2. The summed E-state index contributed by atoms with van der Waals surface area (Å²) >= 11 is 0. The van der Waals surface area contributed by atoms with Crippen LogP contribution in [0.1, 0.15) is 21.0 Å². The zero-order chi connectivity index (χ0) is 18.5. The highest BCUT2D eigenvalue weighted by molar-refractivity contribution is 6.01. The Hall–Kier alpha value is -3.68. The van der Waals surface area contributed by atoms with Crippen molar-refractivity contribution in [3.63, 3.8) is 0 Å². The van der Waals surface area contributed by atoms with Crippen molar-refractivity contribution >= 4 is 17.6 Å². The molecule has 0 aliphatic heterocycles. The van der Waals surface area contributed by atoms with Gasteiger partial charge in [0.15, 0.2) is 0 Å². The predicted molar refractivity (Wildman–Crippen MR) is 92.0 cm³/mol. The molecule has 132 valence electrons. The van der Waals surface area contributed by atoms with Crippen LogP contribution in [0.25, 0.3) is 11.5 Å². The van der Waals surface area contributed by atoms with E-state index in [1.165, 1.54) is 13.2 Å². The van der Waals surface area contributed by atoms with E-state index in [0.29, 0.717) is 22.6 Å². The minimum absolute atomic E-state index is 0.195. The van der Waals surface area contributed by atoms with Crippen molar-refractivity contribution in [3.8, 4) is 17.2 Å². The molecule has 0 spiro atoms. The number of carbonyl (C=O) groups excluding carboxylic acids is 2. The predicted octanol–water partition coefficient (Wildman–Crippen LogP) is 2.78. The number of esters is 1. The monoisotopic (exact) mass is 353 g/mol. The van der Waals surface area contributed by atoms with Crippen molar-refractivity contribution in [1.29, 1.82) is 0 Å². The van der Waals surface area contributed by atoms with Gasteiger partial charge in [-0.3, -0.25) is 4.79 Å². The average Bonchev–Trinajstić information content (AvgIpc) is 3.18. The highest BCUT2D eigenvalue weighted by Gasteiger charge is 2.17. The van der Waals surface area contributed by atoms with Crippen molar-refractivity contribution in [2.75, 3.05) is 19.5 Å². The smallest absolute Gasteiger partial charge is 0.337 e. The molecular weight excluding hydrogens is 338 g/mol. The molecule has 0 unspecified atom stereocenters. The van der Waals surface area contributed by atoms with E-state index in [0.717, 1.165) is 0 Å². The fourth-order valence-corrected chi connectivity index (χ4v) is 2.19. The van der Waals surface area contributed by atoms with Crippen LogP contribution in [0.15, 0.2) is 52.9 Å². The quantitative estimate of drug-likeness (QED) is 0.703. The first-order chi connectivity index (χ1) is 12.6. The van der Waals surface area contributed by atoms with Gasteiger partial charge in [0.2, 0.25) is 5.89 Å². The van der Waals surface area contributed by atoms with E-state index in [1.54, 1.807) is 49.6 Å². The van der Waals surface area contributed by atoms with Gasteiger partial charge in [0, 0.05) is 11.3 Å². The molecule has 0 aliphatic rings. The van der Waals surface area contributed by atoms with Crippen LogP contribution < -0.4 is 10.1 Å². The molecule has 0 radical (unpaired) electrons. The van der Waals surface area contributed by atoms with Crippen molar-refractivity contribution in [2.24, 2.45) is 0 Å². The second-order valence-corrected chi connectivity index (χ2v) is 5.17. The van der Waals surface area contributed by atoms with Crippen molar-refractivity contribution < 1.29 is 23.5 Å². The van der Waals surface area contributed by atoms with Crippen LogP contribution in [-0.4, -0.2) is 36.3 Å². The van der Waals surface area contributed by atoms with Gasteiger partial charge in [-0.05, 0) is 42.5 Å². The number of amides is 1. The van der Waals surface area contributed by atoms with Gasteiger partial charge in [-0.25, -0.2) is 4.79 Å². The third-order valence-electron chi connectivity index (χ3n) is 3.50. The topological polar surface area (TPSA) is 104 Å². The molecule has 1 heterocycles. The van der Waals surface area contributed by atoms with Gasteiger partial charge in [0.1, 0.15) is 5.75 Å². The van der Waals surface area contributed by atoms with Gasteiger partial charge in [0.25, 0.3) is 0 Å². The number of hydrogen-bond acceptors (Lipinski definition) is 7. The molecule has 0 fully saturated rings. The summed E-state index contributed by atoms with van der Waals surface area (Å²) in [6.45, 7) is 0. The van der Waals surface area contributed by atoms with Gasteiger partial charge >= 0.3 is 17.8 Å². The Bertz CT molecular complexity index is 934. The maximum Gasteiger partial charge on any atom is 0.337 e. The number of hydrogen-bond donors (Lipinski definition) is 1. The number of ether oxygens (including phenoxy) is 2. The number of benzene rings is 2. The zero-order valence-corrected chi connectivity index (χ0v) is 14.1. The van der Waals surface area contributed by atoms with E-state index in [4.69, 9.17) is 9.15 Å². The third-order valence-corrected chi connectivity index (χ3v) is 3.50. The lowest BCUT2D eigenvalue weighted by Gasteiger charge is -2.04. The van der Waals surface area contributed by atoms with Crippen molar-refractivity contribution in [3.05, 3.63) is 60.0 Å². The number of nitrogens with zero attached hydrogens (tertiary/aromatic N) is 2. The summed E-state index contributed by atoms with van der Waals surface area (Å²) in [6, 6.07) is 13.3. The van der Waals surface area contributed by atoms with Crippen LogP contribution in [-0.2, 0) is 4.74 Å². The molecule has 0 saturated heterocycles. The molecule has 1 amide bonds. The summed E-state index contributed by atoms with van der Waals surface area (Å²) in [4.78, 5) is 23.8. The molecule has 3 rings (SSSR count). The second kappa shape index (κ2) is 7.47. The minimum atomic E-state index is -0.584. The average molecular weight is 353 g/mol. The van der Waals surface area contributed by atoms with Crippen LogP contribution in [0.3, 0.4) is 0 Å². The fourth-order valence-electron chi connectivity index (χ4n) is 2.19. The number of carbonyl (C=O) groups is 2. The Morgan fingerprint density at radius 2 is 1.81 bits per heavy atom. The highest BCUT2D eigenvalue weighted by Crippen LogP contribution is 2.21.